The number of esters is 1. The van der Waals surface area contributed by atoms with E-state index in [2.05, 4.69) is 9.97 Å². The number of nitrogens with zero attached hydrogens (tertiary/aromatic N) is 3. The monoisotopic (exact) mass is 363 g/mol. The lowest BCUT2D eigenvalue weighted by atomic mass is 10.0. The van der Waals surface area contributed by atoms with Crippen LogP contribution in [0.25, 0.3) is 22.6 Å². The van der Waals surface area contributed by atoms with Crippen molar-refractivity contribution in [1.29, 1.82) is 0 Å². The van der Waals surface area contributed by atoms with Crippen LogP contribution < -0.4 is 0 Å². The number of nitro benzene ring substituents is 1. The summed E-state index contributed by atoms with van der Waals surface area (Å²) in [5, 5.41) is 11.2. The number of hydrogen-bond donors (Lipinski definition) is 0. The topological polar surface area (TPSA) is 95.2 Å². The number of non-ortho nitro benzene ring substituents is 1. The number of carbonyl (C=O) groups excluding carboxylic acids is 1. The van der Waals surface area contributed by atoms with Crippen molar-refractivity contribution in [2.45, 2.75) is 13.3 Å². The van der Waals surface area contributed by atoms with Crippen molar-refractivity contribution in [2.75, 3.05) is 7.11 Å². The van der Waals surface area contributed by atoms with Crippen LogP contribution in [0.3, 0.4) is 0 Å². The molecule has 0 fully saturated rings. The zero-order chi connectivity index (χ0) is 19.4. The van der Waals surface area contributed by atoms with Gasteiger partial charge in [-0.15, -0.1) is 0 Å². The summed E-state index contributed by atoms with van der Waals surface area (Å²) < 4.78 is 4.91. The van der Waals surface area contributed by atoms with Crippen molar-refractivity contribution in [3.8, 4) is 22.6 Å². The highest BCUT2D eigenvalue weighted by Gasteiger charge is 2.23. The molecule has 7 nitrogen and oxygen atoms in total. The Balaban J connectivity index is 2.30. The third-order valence-corrected chi connectivity index (χ3v) is 4.07. The average molecular weight is 363 g/mol. The number of rotatable bonds is 5. The van der Waals surface area contributed by atoms with Gasteiger partial charge in [-0.3, -0.25) is 10.1 Å². The molecule has 0 saturated heterocycles. The minimum absolute atomic E-state index is 0.0822. The summed E-state index contributed by atoms with van der Waals surface area (Å²) in [7, 11) is 1.28. The number of hydrogen-bond acceptors (Lipinski definition) is 6. The number of carbonyl (C=O) groups is 1. The minimum Gasteiger partial charge on any atom is -0.465 e. The summed E-state index contributed by atoms with van der Waals surface area (Å²) in [6.07, 6.45) is 0.481. The van der Waals surface area contributed by atoms with E-state index in [1.165, 1.54) is 19.2 Å². The maximum Gasteiger partial charge on any atom is 0.341 e. The van der Waals surface area contributed by atoms with Crippen molar-refractivity contribution < 1.29 is 14.5 Å². The molecule has 3 aromatic rings. The third-order valence-electron chi connectivity index (χ3n) is 4.07. The highest BCUT2D eigenvalue weighted by Crippen LogP contribution is 2.30. The van der Waals surface area contributed by atoms with E-state index in [0.717, 1.165) is 5.56 Å². The summed E-state index contributed by atoms with van der Waals surface area (Å²) in [4.78, 5) is 32.2. The first-order valence-corrected chi connectivity index (χ1v) is 8.34. The summed E-state index contributed by atoms with van der Waals surface area (Å²) in [6.45, 7) is 1.88. The molecule has 3 rings (SSSR count). The zero-order valence-corrected chi connectivity index (χ0v) is 14.9. The normalized spacial score (nSPS) is 10.4. The fraction of sp³-hybridized carbons (Fsp3) is 0.150. The fourth-order valence-electron chi connectivity index (χ4n) is 2.77. The Labute approximate surface area is 155 Å². The van der Waals surface area contributed by atoms with E-state index in [-0.39, 0.29) is 11.3 Å². The Kier molecular flexibility index (Phi) is 5.21. The molecule has 0 amide bonds. The summed E-state index contributed by atoms with van der Waals surface area (Å²) in [5.74, 6) is -0.130. The van der Waals surface area contributed by atoms with E-state index in [1.54, 1.807) is 12.1 Å². The Morgan fingerprint density at radius 2 is 1.78 bits per heavy atom. The van der Waals surface area contributed by atoms with Crippen LogP contribution in [0.15, 0.2) is 54.6 Å². The molecule has 0 radical (unpaired) electrons. The van der Waals surface area contributed by atoms with E-state index in [0.29, 0.717) is 29.2 Å². The molecule has 0 bridgehead atoms. The van der Waals surface area contributed by atoms with Crippen LogP contribution >= 0.6 is 0 Å². The molecular formula is C20H17N3O4. The predicted molar refractivity (Wildman–Crippen MR) is 100 cm³/mol. The van der Waals surface area contributed by atoms with Crippen LogP contribution in [-0.4, -0.2) is 28.0 Å². The lowest BCUT2D eigenvalue weighted by molar-refractivity contribution is -0.384. The lowest BCUT2D eigenvalue weighted by Gasteiger charge is -2.13. The smallest absolute Gasteiger partial charge is 0.341 e. The molecule has 136 valence electrons. The van der Waals surface area contributed by atoms with Gasteiger partial charge in [-0.1, -0.05) is 49.4 Å². The Hall–Kier alpha value is -3.61. The molecule has 0 saturated carbocycles. The molecule has 2 aromatic carbocycles. The Morgan fingerprint density at radius 1 is 1.07 bits per heavy atom. The van der Waals surface area contributed by atoms with Crippen LogP contribution in [0.2, 0.25) is 0 Å². The summed E-state index contributed by atoms with van der Waals surface area (Å²) in [5.41, 5.74) is 2.23. The van der Waals surface area contributed by atoms with E-state index in [9.17, 15) is 14.9 Å². The zero-order valence-electron chi connectivity index (χ0n) is 14.9. The van der Waals surface area contributed by atoms with Crippen molar-refractivity contribution in [3.63, 3.8) is 0 Å². The number of aryl methyl sites for hydroxylation is 1. The second-order valence-electron chi connectivity index (χ2n) is 5.74. The van der Waals surface area contributed by atoms with Gasteiger partial charge in [0, 0.05) is 23.3 Å². The van der Waals surface area contributed by atoms with E-state index >= 15 is 0 Å². The van der Waals surface area contributed by atoms with Gasteiger partial charge < -0.3 is 4.74 Å². The molecule has 0 aliphatic carbocycles. The molecule has 27 heavy (non-hydrogen) atoms. The molecule has 1 heterocycles. The molecule has 0 aliphatic heterocycles. The van der Waals surface area contributed by atoms with Gasteiger partial charge in [-0.2, -0.15) is 0 Å². The second-order valence-corrected chi connectivity index (χ2v) is 5.74. The molecule has 1 aromatic heterocycles. The average Bonchev–Trinajstić information content (AvgIpc) is 2.72. The van der Waals surface area contributed by atoms with Gasteiger partial charge in [0.05, 0.1) is 23.4 Å². The predicted octanol–water partition coefficient (Wildman–Crippen LogP) is 4.07. The highest BCUT2D eigenvalue weighted by molar-refractivity contribution is 5.97. The van der Waals surface area contributed by atoms with Crippen molar-refractivity contribution in [3.05, 3.63) is 76.0 Å². The Morgan fingerprint density at radius 3 is 2.41 bits per heavy atom. The van der Waals surface area contributed by atoms with Gasteiger partial charge in [0.1, 0.15) is 5.56 Å². The number of benzene rings is 2. The van der Waals surface area contributed by atoms with Gasteiger partial charge in [-0.25, -0.2) is 14.8 Å². The molecule has 0 aliphatic rings. The summed E-state index contributed by atoms with van der Waals surface area (Å²) >= 11 is 0. The molecular weight excluding hydrogens is 346 g/mol. The molecule has 0 spiro atoms. The quantitative estimate of drug-likeness (QED) is 0.385. The van der Waals surface area contributed by atoms with Crippen LogP contribution in [-0.2, 0) is 11.2 Å². The second kappa shape index (κ2) is 7.74. The first kappa shape index (κ1) is 18.2. The number of nitro groups is 1. The van der Waals surface area contributed by atoms with Crippen LogP contribution in [0.1, 0.15) is 23.0 Å². The van der Waals surface area contributed by atoms with Crippen LogP contribution in [0, 0.1) is 10.1 Å². The van der Waals surface area contributed by atoms with Crippen molar-refractivity contribution >= 4 is 11.7 Å². The number of aromatic nitrogens is 2. The largest absolute Gasteiger partial charge is 0.465 e. The highest BCUT2D eigenvalue weighted by atomic mass is 16.6. The number of methoxy groups -OCH3 is 1. The first-order valence-electron chi connectivity index (χ1n) is 8.34. The van der Waals surface area contributed by atoms with Gasteiger partial charge in [0.25, 0.3) is 5.69 Å². The maximum absolute atomic E-state index is 12.4. The van der Waals surface area contributed by atoms with Gasteiger partial charge in [-0.05, 0) is 6.42 Å². The molecule has 7 heteroatoms. The number of ether oxygens (including phenoxy) is 1. The lowest BCUT2D eigenvalue weighted by Crippen LogP contribution is -2.12. The van der Waals surface area contributed by atoms with Gasteiger partial charge in [0.15, 0.2) is 5.82 Å². The Bertz CT molecular complexity index is 1000. The molecule has 0 unspecified atom stereocenters. The van der Waals surface area contributed by atoms with E-state index in [1.807, 2.05) is 37.3 Å². The molecule has 0 N–H and O–H groups in total. The summed E-state index contributed by atoms with van der Waals surface area (Å²) in [6, 6.07) is 15.4. The van der Waals surface area contributed by atoms with Gasteiger partial charge in [0.2, 0.25) is 0 Å². The molecule has 0 atom stereocenters. The van der Waals surface area contributed by atoms with Gasteiger partial charge >= 0.3 is 5.97 Å². The van der Waals surface area contributed by atoms with E-state index in [4.69, 9.17) is 4.74 Å². The van der Waals surface area contributed by atoms with Crippen molar-refractivity contribution in [2.24, 2.45) is 0 Å². The van der Waals surface area contributed by atoms with Crippen LogP contribution in [0.5, 0.6) is 0 Å². The SMILES string of the molecule is CCc1nc(-c2ccccc2)nc(-c2cccc([N+](=O)[O-])c2)c1C(=O)OC. The van der Waals surface area contributed by atoms with Crippen LogP contribution in [0.4, 0.5) is 5.69 Å². The minimum atomic E-state index is -0.576. The van der Waals surface area contributed by atoms with E-state index < -0.39 is 10.9 Å². The fourth-order valence-corrected chi connectivity index (χ4v) is 2.77. The standard InChI is InChI=1S/C20H17N3O4/c1-3-16-17(20(24)27-2)18(14-10-7-11-15(12-14)23(25)26)22-19(21-16)13-8-5-4-6-9-13/h4-12H,3H2,1-2H3. The third kappa shape index (κ3) is 3.67. The first-order chi connectivity index (χ1) is 13.0. The van der Waals surface area contributed by atoms with Crippen molar-refractivity contribution in [1.82, 2.24) is 9.97 Å². The maximum atomic E-state index is 12.4.